The molecular weight excluding hydrogens is 304 g/mol. The summed E-state index contributed by atoms with van der Waals surface area (Å²) in [6, 6.07) is 1.13. The molecule has 0 saturated carbocycles. The van der Waals surface area contributed by atoms with Crippen molar-refractivity contribution >= 4 is 24.1 Å². The Bertz CT molecular complexity index is 651. The summed E-state index contributed by atoms with van der Waals surface area (Å²) in [5, 5.41) is 3.85. The van der Waals surface area contributed by atoms with E-state index < -0.39 is 17.5 Å². The van der Waals surface area contributed by atoms with E-state index in [0.29, 0.717) is 0 Å². The lowest BCUT2D eigenvalue weighted by Gasteiger charge is -2.10. The van der Waals surface area contributed by atoms with Gasteiger partial charge in [-0.3, -0.25) is 10.2 Å². The zero-order chi connectivity index (χ0) is 17.4. The van der Waals surface area contributed by atoms with E-state index in [1.165, 1.54) is 6.34 Å². The minimum atomic E-state index is -0.817. The van der Waals surface area contributed by atoms with E-state index in [4.69, 9.17) is 9.47 Å². The van der Waals surface area contributed by atoms with Crippen LogP contribution in [0.4, 0.5) is 5.82 Å². The summed E-state index contributed by atoms with van der Waals surface area (Å²) in [4.78, 5) is 39.8. The molecule has 0 aromatic carbocycles. The number of hydrogen-bond acceptors (Lipinski definition) is 7. The molecule has 1 aromatic rings. The van der Waals surface area contributed by atoms with Crippen LogP contribution in [0.2, 0.25) is 0 Å². The molecule has 0 aliphatic heterocycles. The first kappa shape index (κ1) is 18.2. The second-order valence-electron chi connectivity index (χ2n) is 4.56. The van der Waals surface area contributed by atoms with Crippen LogP contribution in [0.5, 0.6) is 0 Å². The van der Waals surface area contributed by atoms with Crippen LogP contribution >= 0.6 is 0 Å². The first-order valence-electron chi connectivity index (χ1n) is 6.97. The summed E-state index contributed by atoms with van der Waals surface area (Å²) in [6.45, 7) is 3.52. The topological polar surface area (TPSA) is 113 Å². The van der Waals surface area contributed by atoms with Crippen molar-refractivity contribution in [2.45, 2.75) is 13.8 Å². The first-order valence-corrected chi connectivity index (χ1v) is 6.97. The molecule has 0 fully saturated rings. The number of H-pyrrole nitrogens is 1. The van der Waals surface area contributed by atoms with Crippen LogP contribution in [0, 0.1) is 0 Å². The normalized spacial score (nSPS) is 10.4. The monoisotopic (exact) mass is 324 g/mol. The third-order valence-electron chi connectivity index (χ3n) is 2.50. The summed E-state index contributed by atoms with van der Waals surface area (Å²) >= 11 is 0. The quantitative estimate of drug-likeness (QED) is 0.327. The lowest BCUT2D eigenvalue weighted by molar-refractivity contribution is 0.0523. The van der Waals surface area contributed by atoms with Crippen LogP contribution in [-0.4, -0.2) is 55.5 Å². The van der Waals surface area contributed by atoms with Gasteiger partial charge in [0.25, 0.3) is 5.56 Å². The number of carbonyl (C=O) groups excluding carboxylic acids is 2. The van der Waals surface area contributed by atoms with Gasteiger partial charge in [0.05, 0.1) is 13.2 Å². The molecule has 1 heterocycles. The molecule has 0 amide bonds. The zero-order valence-electron chi connectivity index (χ0n) is 13.5. The Balaban J connectivity index is 3.27. The number of pyridine rings is 1. The molecule has 0 spiro atoms. The Kier molecular flexibility index (Phi) is 6.78. The minimum absolute atomic E-state index is 0.0228. The average molecular weight is 324 g/mol. The van der Waals surface area contributed by atoms with Crippen LogP contribution < -0.4 is 11.0 Å². The molecular formula is C14H20N4O5. The highest BCUT2D eigenvalue weighted by Gasteiger charge is 2.20. The molecule has 9 nitrogen and oxygen atoms in total. The van der Waals surface area contributed by atoms with Crippen LogP contribution in [0.3, 0.4) is 0 Å². The number of rotatable bonds is 7. The number of aromatic nitrogens is 1. The fourth-order valence-corrected chi connectivity index (χ4v) is 1.56. The maximum atomic E-state index is 12.0. The van der Waals surface area contributed by atoms with E-state index in [-0.39, 0.29) is 30.2 Å². The van der Waals surface area contributed by atoms with Gasteiger partial charge in [0, 0.05) is 14.1 Å². The van der Waals surface area contributed by atoms with E-state index in [9.17, 15) is 14.4 Å². The number of hydrogen-bond donors (Lipinski definition) is 2. The molecule has 126 valence electrons. The Morgan fingerprint density at radius 3 is 2.30 bits per heavy atom. The third-order valence-corrected chi connectivity index (χ3v) is 2.50. The van der Waals surface area contributed by atoms with Gasteiger partial charge in [-0.1, -0.05) is 0 Å². The number of nitrogens with one attached hydrogen (secondary N) is 2. The molecule has 0 radical (unpaired) electrons. The number of carbonyl (C=O) groups is 2. The van der Waals surface area contributed by atoms with Crippen LogP contribution in [0.15, 0.2) is 16.0 Å². The van der Waals surface area contributed by atoms with Crippen molar-refractivity contribution in [3.8, 4) is 0 Å². The molecule has 0 atom stereocenters. The molecule has 1 aromatic heterocycles. The largest absolute Gasteiger partial charge is 0.462 e. The molecule has 0 unspecified atom stereocenters. The number of nitrogens with zero attached hydrogens (tertiary/aromatic N) is 2. The SMILES string of the molecule is CCOC(=O)c1cc(C(=O)OCC)c(=O)[nH]c1NN=CN(C)C. The summed E-state index contributed by atoms with van der Waals surface area (Å²) in [5.41, 5.74) is 1.54. The molecule has 0 bridgehead atoms. The highest BCUT2D eigenvalue weighted by molar-refractivity contribution is 5.98. The predicted octanol–water partition coefficient (Wildman–Crippen LogP) is 0.645. The Hall–Kier alpha value is -2.84. The van der Waals surface area contributed by atoms with E-state index in [1.807, 2.05) is 0 Å². The second-order valence-corrected chi connectivity index (χ2v) is 4.56. The first-order chi connectivity index (χ1) is 10.9. The van der Waals surface area contributed by atoms with Crippen molar-refractivity contribution in [1.82, 2.24) is 9.88 Å². The zero-order valence-corrected chi connectivity index (χ0v) is 13.5. The van der Waals surface area contributed by atoms with Gasteiger partial charge in [0.1, 0.15) is 23.3 Å². The number of anilines is 1. The molecule has 0 aliphatic rings. The third kappa shape index (κ3) is 5.13. The average Bonchev–Trinajstić information content (AvgIpc) is 2.47. The van der Waals surface area contributed by atoms with E-state index in [1.54, 1.807) is 32.8 Å². The maximum absolute atomic E-state index is 12.0. The van der Waals surface area contributed by atoms with Gasteiger partial charge >= 0.3 is 11.9 Å². The Labute approximate surface area is 133 Å². The van der Waals surface area contributed by atoms with Crippen molar-refractivity contribution < 1.29 is 19.1 Å². The van der Waals surface area contributed by atoms with Gasteiger partial charge < -0.3 is 19.4 Å². The fraction of sp³-hybridized carbons (Fsp3) is 0.429. The summed E-state index contributed by atoms with van der Waals surface area (Å²) in [6.07, 6.45) is 1.44. The highest BCUT2D eigenvalue weighted by atomic mass is 16.5. The molecule has 0 aliphatic carbocycles. The molecule has 23 heavy (non-hydrogen) atoms. The summed E-state index contributed by atoms with van der Waals surface area (Å²) < 4.78 is 9.70. The number of hydrazone groups is 1. The van der Waals surface area contributed by atoms with Gasteiger partial charge in [0.15, 0.2) is 0 Å². The minimum Gasteiger partial charge on any atom is -0.462 e. The summed E-state index contributed by atoms with van der Waals surface area (Å²) in [7, 11) is 3.51. The number of aromatic amines is 1. The smallest absolute Gasteiger partial charge is 0.343 e. The predicted molar refractivity (Wildman–Crippen MR) is 84.8 cm³/mol. The number of esters is 2. The van der Waals surface area contributed by atoms with Gasteiger partial charge in [-0.15, -0.1) is 0 Å². The second kappa shape index (κ2) is 8.57. The van der Waals surface area contributed by atoms with Crippen LogP contribution in [0.1, 0.15) is 34.6 Å². The Morgan fingerprint density at radius 1 is 1.22 bits per heavy atom. The van der Waals surface area contributed by atoms with Gasteiger partial charge in [0.2, 0.25) is 0 Å². The van der Waals surface area contributed by atoms with E-state index >= 15 is 0 Å². The van der Waals surface area contributed by atoms with Crippen molar-refractivity contribution in [1.29, 1.82) is 0 Å². The maximum Gasteiger partial charge on any atom is 0.343 e. The van der Waals surface area contributed by atoms with Gasteiger partial charge in [-0.05, 0) is 19.9 Å². The molecule has 9 heteroatoms. The number of ether oxygens (including phenoxy) is 2. The fourth-order valence-electron chi connectivity index (χ4n) is 1.56. The Morgan fingerprint density at radius 2 is 1.78 bits per heavy atom. The van der Waals surface area contributed by atoms with Crippen molar-refractivity contribution in [2.24, 2.45) is 5.10 Å². The standard InChI is InChI=1S/C14H20N4O5/c1-5-22-13(20)9-7-10(14(21)23-6-2)12(19)16-11(9)17-15-8-18(3)4/h7-8H,5-6H2,1-4H3,(H2,16,17,19). The van der Waals surface area contributed by atoms with E-state index in [2.05, 4.69) is 15.5 Å². The molecule has 1 rings (SSSR count). The molecule has 2 N–H and O–H groups in total. The van der Waals surface area contributed by atoms with Crippen molar-refractivity contribution in [2.75, 3.05) is 32.7 Å². The lowest BCUT2D eigenvalue weighted by Crippen LogP contribution is -2.23. The van der Waals surface area contributed by atoms with Gasteiger partial charge in [-0.2, -0.15) is 5.10 Å². The highest BCUT2D eigenvalue weighted by Crippen LogP contribution is 2.14. The lowest BCUT2D eigenvalue weighted by atomic mass is 10.2. The van der Waals surface area contributed by atoms with E-state index in [0.717, 1.165) is 6.07 Å². The van der Waals surface area contributed by atoms with Crippen molar-refractivity contribution in [3.05, 3.63) is 27.5 Å². The van der Waals surface area contributed by atoms with Crippen LogP contribution in [-0.2, 0) is 9.47 Å². The summed E-state index contributed by atoms with van der Waals surface area (Å²) in [5.74, 6) is -1.49. The van der Waals surface area contributed by atoms with Gasteiger partial charge in [-0.25, -0.2) is 9.59 Å². The van der Waals surface area contributed by atoms with Crippen LogP contribution in [0.25, 0.3) is 0 Å². The molecule has 0 saturated heterocycles. The van der Waals surface area contributed by atoms with Crippen molar-refractivity contribution in [3.63, 3.8) is 0 Å².